The van der Waals surface area contributed by atoms with E-state index in [9.17, 15) is 9.90 Å². The lowest BCUT2D eigenvalue weighted by atomic mass is 10.0. The fourth-order valence-electron chi connectivity index (χ4n) is 1.29. The second-order valence-electron chi connectivity index (χ2n) is 3.64. The first-order valence-electron chi connectivity index (χ1n) is 4.72. The minimum Gasteiger partial charge on any atom is -0.479 e. The Hall–Kier alpha value is -1.39. The topological polar surface area (TPSA) is 83.5 Å². The summed E-state index contributed by atoms with van der Waals surface area (Å²) < 4.78 is 0. The summed E-state index contributed by atoms with van der Waals surface area (Å²) in [6.07, 6.45) is -1.15. The van der Waals surface area contributed by atoms with Crippen LogP contribution in [0.25, 0.3) is 0 Å². The second kappa shape index (κ2) is 4.91. The molecule has 4 heteroatoms. The molecular weight excluding hydrogens is 194 g/mol. The van der Waals surface area contributed by atoms with Crippen LogP contribution >= 0.6 is 0 Å². The third-order valence-electron chi connectivity index (χ3n) is 2.25. The maximum Gasteiger partial charge on any atom is 0.334 e. The number of aryl methyl sites for hydroxylation is 1. The van der Waals surface area contributed by atoms with Gasteiger partial charge >= 0.3 is 5.97 Å². The molecule has 1 rings (SSSR count). The lowest BCUT2D eigenvalue weighted by Gasteiger charge is -2.14. The number of rotatable bonds is 4. The molecule has 4 N–H and O–H groups in total. The van der Waals surface area contributed by atoms with Crippen LogP contribution in [-0.4, -0.2) is 28.3 Å². The molecule has 2 unspecified atom stereocenters. The van der Waals surface area contributed by atoms with E-state index in [2.05, 4.69) is 0 Å². The van der Waals surface area contributed by atoms with Crippen molar-refractivity contribution in [1.29, 1.82) is 0 Å². The van der Waals surface area contributed by atoms with Gasteiger partial charge in [-0.3, -0.25) is 0 Å². The highest BCUT2D eigenvalue weighted by atomic mass is 16.4. The molecule has 2 atom stereocenters. The Bertz CT molecular complexity index is 334. The number of carboxylic acid groups (broad SMARTS) is 1. The van der Waals surface area contributed by atoms with Gasteiger partial charge in [0.1, 0.15) is 0 Å². The van der Waals surface area contributed by atoms with Crippen LogP contribution in [0.5, 0.6) is 0 Å². The van der Waals surface area contributed by atoms with Crippen LogP contribution in [0.15, 0.2) is 24.3 Å². The van der Waals surface area contributed by atoms with Crippen molar-refractivity contribution < 1.29 is 15.0 Å². The molecule has 0 heterocycles. The number of hydrogen-bond acceptors (Lipinski definition) is 3. The Morgan fingerprint density at radius 1 is 1.40 bits per heavy atom. The zero-order valence-corrected chi connectivity index (χ0v) is 8.55. The highest BCUT2D eigenvalue weighted by Crippen LogP contribution is 2.07. The third-order valence-corrected chi connectivity index (χ3v) is 2.25. The van der Waals surface area contributed by atoms with Crippen LogP contribution in [0.2, 0.25) is 0 Å². The minimum absolute atomic E-state index is 0.355. The maximum absolute atomic E-state index is 10.5. The minimum atomic E-state index is -1.51. The number of carboxylic acids is 1. The van der Waals surface area contributed by atoms with Crippen molar-refractivity contribution in [1.82, 2.24) is 0 Å². The molecule has 1 aromatic rings. The van der Waals surface area contributed by atoms with Gasteiger partial charge in [0, 0.05) is 6.04 Å². The molecule has 0 saturated carbocycles. The molecule has 0 saturated heterocycles. The summed E-state index contributed by atoms with van der Waals surface area (Å²) in [5.74, 6) is -1.28. The van der Waals surface area contributed by atoms with Crippen molar-refractivity contribution in [3.8, 4) is 0 Å². The molecule has 0 aliphatic heterocycles. The van der Waals surface area contributed by atoms with Crippen molar-refractivity contribution in [3.63, 3.8) is 0 Å². The van der Waals surface area contributed by atoms with Crippen LogP contribution in [0.1, 0.15) is 11.1 Å². The fraction of sp³-hybridized carbons (Fsp3) is 0.364. The molecule has 1 aromatic carbocycles. The van der Waals surface area contributed by atoms with E-state index in [1.807, 2.05) is 31.2 Å². The van der Waals surface area contributed by atoms with Crippen LogP contribution < -0.4 is 5.73 Å². The van der Waals surface area contributed by atoms with E-state index in [0.717, 1.165) is 11.1 Å². The van der Waals surface area contributed by atoms with Gasteiger partial charge < -0.3 is 15.9 Å². The van der Waals surface area contributed by atoms with Crippen molar-refractivity contribution in [2.24, 2.45) is 5.73 Å². The standard InChI is InChI=1S/C11H15NO3/c1-7-2-4-8(5-3-7)6-9(12)10(13)11(14)15/h2-5,9-10,13H,6,12H2,1H3,(H,14,15). The number of nitrogens with two attached hydrogens (primary N) is 1. The predicted octanol–water partition coefficient (Wildman–Crippen LogP) is 0.310. The first-order chi connectivity index (χ1) is 7.00. The monoisotopic (exact) mass is 209 g/mol. The lowest BCUT2D eigenvalue weighted by Crippen LogP contribution is -2.41. The quantitative estimate of drug-likeness (QED) is 0.666. The summed E-state index contributed by atoms with van der Waals surface area (Å²) >= 11 is 0. The van der Waals surface area contributed by atoms with E-state index >= 15 is 0 Å². The average Bonchev–Trinajstić information content (AvgIpc) is 2.20. The number of carbonyl (C=O) groups is 1. The third kappa shape index (κ3) is 3.34. The van der Waals surface area contributed by atoms with Crippen molar-refractivity contribution >= 4 is 5.97 Å². The summed E-state index contributed by atoms with van der Waals surface area (Å²) in [4.78, 5) is 10.5. The van der Waals surface area contributed by atoms with Crippen LogP contribution in [0, 0.1) is 6.92 Å². The summed E-state index contributed by atoms with van der Waals surface area (Å²) in [6, 6.07) is 6.84. The van der Waals surface area contributed by atoms with Crippen LogP contribution in [0.3, 0.4) is 0 Å². The van der Waals surface area contributed by atoms with Gasteiger partial charge in [0.25, 0.3) is 0 Å². The molecule has 0 amide bonds. The molecule has 0 bridgehead atoms. The number of aliphatic hydroxyl groups is 1. The zero-order chi connectivity index (χ0) is 11.4. The summed E-state index contributed by atoms with van der Waals surface area (Å²) in [6.45, 7) is 1.97. The summed E-state index contributed by atoms with van der Waals surface area (Å²) in [5, 5.41) is 17.7. The summed E-state index contributed by atoms with van der Waals surface area (Å²) in [5.41, 5.74) is 7.61. The van der Waals surface area contributed by atoms with Crippen molar-refractivity contribution in [2.45, 2.75) is 25.5 Å². The van der Waals surface area contributed by atoms with E-state index in [1.54, 1.807) is 0 Å². The lowest BCUT2D eigenvalue weighted by molar-refractivity contribution is -0.147. The van der Waals surface area contributed by atoms with Crippen LogP contribution in [0.4, 0.5) is 0 Å². The Kier molecular flexibility index (Phi) is 3.82. The second-order valence-corrected chi connectivity index (χ2v) is 3.64. The molecular formula is C11H15NO3. The van der Waals surface area contributed by atoms with E-state index in [4.69, 9.17) is 10.8 Å². The van der Waals surface area contributed by atoms with Gasteiger partial charge in [-0.25, -0.2) is 4.79 Å². The molecule has 82 valence electrons. The Labute approximate surface area is 88.3 Å². The highest BCUT2D eigenvalue weighted by Gasteiger charge is 2.21. The predicted molar refractivity (Wildman–Crippen MR) is 56.5 cm³/mol. The molecule has 0 aromatic heterocycles. The number of aliphatic hydroxyl groups excluding tert-OH is 1. The van der Waals surface area contributed by atoms with Crippen LogP contribution in [-0.2, 0) is 11.2 Å². The number of aliphatic carboxylic acids is 1. The van der Waals surface area contributed by atoms with Crippen molar-refractivity contribution in [2.75, 3.05) is 0 Å². The maximum atomic E-state index is 10.5. The smallest absolute Gasteiger partial charge is 0.334 e. The first kappa shape index (κ1) is 11.7. The first-order valence-corrected chi connectivity index (χ1v) is 4.72. The van der Waals surface area contributed by atoms with Gasteiger partial charge in [-0.15, -0.1) is 0 Å². The number of benzene rings is 1. The zero-order valence-electron chi connectivity index (χ0n) is 8.55. The number of hydrogen-bond donors (Lipinski definition) is 3. The van der Waals surface area contributed by atoms with Gasteiger partial charge in [0.05, 0.1) is 0 Å². The average molecular weight is 209 g/mol. The molecule has 0 fully saturated rings. The van der Waals surface area contributed by atoms with E-state index in [1.165, 1.54) is 0 Å². The molecule has 0 radical (unpaired) electrons. The van der Waals surface area contributed by atoms with E-state index < -0.39 is 18.1 Å². The normalized spacial score (nSPS) is 14.6. The largest absolute Gasteiger partial charge is 0.479 e. The van der Waals surface area contributed by atoms with Gasteiger partial charge in [-0.05, 0) is 18.9 Å². The fourth-order valence-corrected chi connectivity index (χ4v) is 1.29. The van der Waals surface area contributed by atoms with Gasteiger partial charge in [-0.1, -0.05) is 29.8 Å². The highest BCUT2D eigenvalue weighted by molar-refractivity contribution is 5.72. The SMILES string of the molecule is Cc1ccc(CC(N)C(O)C(=O)O)cc1. The van der Waals surface area contributed by atoms with Gasteiger partial charge in [0.2, 0.25) is 0 Å². The Morgan fingerprint density at radius 2 is 1.93 bits per heavy atom. The molecule has 0 aliphatic rings. The molecule has 0 spiro atoms. The Morgan fingerprint density at radius 3 is 2.40 bits per heavy atom. The summed E-state index contributed by atoms with van der Waals surface area (Å²) in [7, 11) is 0. The molecule has 15 heavy (non-hydrogen) atoms. The van der Waals surface area contributed by atoms with Gasteiger partial charge in [-0.2, -0.15) is 0 Å². The van der Waals surface area contributed by atoms with E-state index in [0.29, 0.717) is 6.42 Å². The van der Waals surface area contributed by atoms with Crippen molar-refractivity contribution in [3.05, 3.63) is 35.4 Å². The van der Waals surface area contributed by atoms with E-state index in [-0.39, 0.29) is 0 Å². The van der Waals surface area contributed by atoms with Gasteiger partial charge in [0.15, 0.2) is 6.10 Å². The molecule has 4 nitrogen and oxygen atoms in total. The Balaban J connectivity index is 2.62. The molecule has 0 aliphatic carbocycles.